The number of aliphatic hydroxyl groups is 1. The fourth-order valence-corrected chi connectivity index (χ4v) is 2.15. The second kappa shape index (κ2) is 5.83. The molecule has 0 saturated carbocycles. The summed E-state index contributed by atoms with van der Waals surface area (Å²) in [5.41, 5.74) is 2.24. The molecule has 0 aliphatic carbocycles. The maximum Gasteiger partial charge on any atom is 0.0645 e. The van der Waals surface area contributed by atoms with Crippen molar-refractivity contribution in [3.8, 4) is 5.69 Å². The Morgan fingerprint density at radius 1 is 1.28 bits per heavy atom. The van der Waals surface area contributed by atoms with Gasteiger partial charge in [0.15, 0.2) is 0 Å². The molecule has 1 N–H and O–H groups in total. The summed E-state index contributed by atoms with van der Waals surface area (Å²) in [4.78, 5) is 0. The van der Waals surface area contributed by atoms with Gasteiger partial charge in [-0.15, -0.1) is 0 Å². The quantitative estimate of drug-likeness (QED) is 0.878. The van der Waals surface area contributed by atoms with Crippen molar-refractivity contribution in [1.82, 2.24) is 9.78 Å². The van der Waals surface area contributed by atoms with E-state index in [1.165, 1.54) is 5.56 Å². The largest absolute Gasteiger partial charge is 0.393 e. The highest BCUT2D eigenvalue weighted by Crippen LogP contribution is 2.16. The van der Waals surface area contributed by atoms with Crippen LogP contribution in [0, 0.1) is 5.92 Å². The van der Waals surface area contributed by atoms with Crippen molar-refractivity contribution in [2.24, 2.45) is 5.92 Å². The summed E-state index contributed by atoms with van der Waals surface area (Å²) in [6.07, 6.45) is 5.52. The third-order valence-corrected chi connectivity index (χ3v) is 3.36. The molecule has 0 bridgehead atoms. The van der Waals surface area contributed by atoms with Gasteiger partial charge < -0.3 is 5.11 Å². The highest BCUT2D eigenvalue weighted by molar-refractivity contribution is 5.30. The van der Waals surface area contributed by atoms with Gasteiger partial charge in [0.25, 0.3) is 0 Å². The lowest BCUT2D eigenvalue weighted by molar-refractivity contribution is 0.123. The third kappa shape index (κ3) is 2.99. The first-order chi connectivity index (χ1) is 8.70. The molecule has 0 aliphatic rings. The third-order valence-electron chi connectivity index (χ3n) is 3.36. The predicted molar refractivity (Wildman–Crippen MR) is 72.7 cm³/mol. The van der Waals surface area contributed by atoms with Crippen LogP contribution in [0.3, 0.4) is 0 Å². The topological polar surface area (TPSA) is 38.0 Å². The Hall–Kier alpha value is -1.61. The zero-order valence-electron chi connectivity index (χ0n) is 11.0. The van der Waals surface area contributed by atoms with Crippen LogP contribution < -0.4 is 0 Å². The average Bonchev–Trinajstić information content (AvgIpc) is 2.85. The van der Waals surface area contributed by atoms with Crippen LogP contribution in [0.2, 0.25) is 0 Å². The van der Waals surface area contributed by atoms with Crippen LogP contribution in [0.5, 0.6) is 0 Å². The highest BCUT2D eigenvalue weighted by atomic mass is 16.3. The van der Waals surface area contributed by atoms with Crippen LogP contribution >= 0.6 is 0 Å². The molecule has 0 amide bonds. The van der Waals surface area contributed by atoms with Crippen molar-refractivity contribution in [2.45, 2.75) is 32.8 Å². The summed E-state index contributed by atoms with van der Waals surface area (Å²) < 4.78 is 1.88. The Morgan fingerprint density at radius 2 is 2.00 bits per heavy atom. The zero-order valence-corrected chi connectivity index (χ0v) is 11.0. The van der Waals surface area contributed by atoms with Gasteiger partial charge in [0.2, 0.25) is 0 Å². The minimum atomic E-state index is -0.268. The molecule has 2 atom stereocenters. The monoisotopic (exact) mass is 244 g/mol. The molecule has 0 fully saturated rings. The molecule has 96 valence electrons. The fraction of sp³-hybridized carbons (Fsp3) is 0.400. The Morgan fingerprint density at radius 3 is 2.61 bits per heavy atom. The number of para-hydroxylation sites is 1. The Kier molecular flexibility index (Phi) is 4.15. The van der Waals surface area contributed by atoms with Gasteiger partial charge in [-0.05, 0) is 37.0 Å². The van der Waals surface area contributed by atoms with Crippen LogP contribution in [-0.2, 0) is 6.42 Å². The van der Waals surface area contributed by atoms with E-state index in [1.807, 2.05) is 54.3 Å². The molecular weight excluding hydrogens is 224 g/mol. The van der Waals surface area contributed by atoms with Crippen molar-refractivity contribution in [3.05, 3.63) is 48.3 Å². The molecule has 3 nitrogen and oxygen atoms in total. The number of benzene rings is 1. The minimum Gasteiger partial charge on any atom is -0.393 e. The lowest BCUT2D eigenvalue weighted by Gasteiger charge is -2.16. The van der Waals surface area contributed by atoms with Crippen LogP contribution in [-0.4, -0.2) is 21.0 Å². The van der Waals surface area contributed by atoms with Crippen molar-refractivity contribution < 1.29 is 5.11 Å². The summed E-state index contributed by atoms with van der Waals surface area (Å²) >= 11 is 0. The Bertz CT molecular complexity index is 476. The van der Waals surface area contributed by atoms with Gasteiger partial charge in [-0.1, -0.05) is 31.5 Å². The number of aliphatic hydroxyl groups excluding tert-OH is 1. The van der Waals surface area contributed by atoms with Gasteiger partial charge in [0.1, 0.15) is 0 Å². The van der Waals surface area contributed by atoms with Crippen molar-refractivity contribution in [2.75, 3.05) is 0 Å². The molecule has 0 saturated heterocycles. The number of hydrogen-bond donors (Lipinski definition) is 1. The first-order valence-electron chi connectivity index (χ1n) is 6.47. The molecule has 3 heteroatoms. The first-order valence-corrected chi connectivity index (χ1v) is 6.47. The molecule has 2 aromatic rings. The van der Waals surface area contributed by atoms with Gasteiger partial charge in [0.05, 0.1) is 18.0 Å². The van der Waals surface area contributed by atoms with E-state index in [9.17, 15) is 5.11 Å². The second-order valence-electron chi connectivity index (χ2n) is 4.74. The number of nitrogens with zero attached hydrogens (tertiary/aromatic N) is 2. The average molecular weight is 244 g/mol. The minimum absolute atomic E-state index is 0.268. The lowest BCUT2D eigenvalue weighted by atomic mass is 9.94. The molecule has 18 heavy (non-hydrogen) atoms. The molecule has 0 radical (unpaired) electrons. The number of aromatic nitrogens is 2. The van der Waals surface area contributed by atoms with E-state index < -0.39 is 0 Å². The van der Waals surface area contributed by atoms with Crippen LogP contribution in [0.15, 0.2) is 42.7 Å². The molecule has 1 heterocycles. The van der Waals surface area contributed by atoms with E-state index in [4.69, 9.17) is 0 Å². The van der Waals surface area contributed by atoms with E-state index in [2.05, 4.69) is 12.0 Å². The van der Waals surface area contributed by atoms with Crippen LogP contribution in [0.4, 0.5) is 0 Å². The SMILES string of the molecule is CCC(Cc1cnn(-c2ccccc2)c1)C(C)O. The summed E-state index contributed by atoms with van der Waals surface area (Å²) in [5, 5.41) is 14.0. The van der Waals surface area contributed by atoms with Gasteiger partial charge >= 0.3 is 0 Å². The summed E-state index contributed by atoms with van der Waals surface area (Å²) in [6, 6.07) is 10.1. The van der Waals surface area contributed by atoms with Gasteiger partial charge in [-0.2, -0.15) is 5.10 Å². The summed E-state index contributed by atoms with van der Waals surface area (Å²) in [5.74, 6) is 0.304. The molecule has 0 spiro atoms. The smallest absolute Gasteiger partial charge is 0.0645 e. The van der Waals surface area contributed by atoms with E-state index in [-0.39, 0.29) is 6.10 Å². The van der Waals surface area contributed by atoms with Crippen LogP contribution in [0.1, 0.15) is 25.8 Å². The Labute approximate surface area is 108 Å². The van der Waals surface area contributed by atoms with Crippen molar-refractivity contribution in [3.63, 3.8) is 0 Å². The van der Waals surface area contributed by atoms with E-state index in [1.54, 1.807) is 0 Å². The van der Waals surface area contributed by atoms with E-state index in [0.29, 0.717) is 5.92 Å². The molecule has 1 aromatic heterocycles. The zero-order chi connectivity index (χ0) is 13.0. The number of rotatable bonds is 5. The van der Waals surface area contributed by atoms with Crippen molar-refractivity contribution >= 4 is 0 Å². The van der Waals surface area contributed by atoms with Gasteiger partial charge in [0, 0.05) is 6.20 Å². The first kappa shape index (κ1) is 12.8. The number of hydrogen-bond acceptors (Lipinski definition) is 2. The van der Waals surface area contributed by atoms with Gasteiger partial charge in [-0.3, -0.25) is 0 Å². The maximum absolute atomic E-state index is 9.67. The van der Waals surface area contributed by atoms with Crippen molar-refractivity contribution in [1.29, 1.82) is 0 Å². The summed E-state index contributed by atoms with van der Waals surface area (Å²) in [7, 11) is 0. The standard InChI is InChI=1S/C15H20N2O/c1-3-14(12(2)18)9-13-10-16-17(11-13)15-7-5-4-6-8-15/h4-8,10-12,14,18H,3,9H2,1-2H3. The molecular formula is C15H20N2O. The lowest BCUT2D eigenvalue weighted by Crippen LogP contribution is -2.18. The highest BCUT2D eigenvalue weighted by Gasteiger charge is 2.14. The normalized spacial score (nSPS) is 14.4. The Balaban J connectivity index is 2.11. The maximum atomic E-state index is 9.67. The van der Waals surface area contributed by atoms with E-state index in [0.717, 1.165) is 18.5 Å². The van der Waals surface area contributed by atoms with Gasteiger partial charge in [-0.25, -0.2) is 4.68 Å². The van der Waals surface area contributed by atoms with Crippen LogP contribution in [0.25, 0.3) is 5.69 Å². The molecule has 0 aliphatic heterocycles. The molecule has 2 rings (SSSR count). The van der Waals surface area contributed by atoms with E-state index >= 15 is 0 Å². The second-order valence-corrected chi connectivity index (χ2v) is 4.74. The summed E-state index contributed by atoms with van der Waals surface area (Å²) in [6.45, 7) is 3.97. The molecule has 1 aromatic carbocycles. The molecule has 2 unspecified atom stereocenters. The fourth-order valence-electron chi connectivity index (χ4n) is 2.15. The predicted octanol–water partition coefficient (Wildman–Crippen LogP) is 2.82.